The molecule has 0 unspecified atom stereocenters. The number of aromatic nitrogens is 2. The predicted molar refractivity (Wildman–Crippen MR) is 66.3 cm³/mol. The summed E-state index contributed by atoms with van der Waals surface area (Å²) in [5, 5.41) is 21.8. The number of hydrogen-bond acceptors (Lipinski definition) is 4. The molecule has 4 N–H and O–H groups in total. The van der Waals surface area contributed by atoms with Crippen LogP contribution in [-0.2, 0) is 11.2 Å². The van der Waals surface area contributed by atoms with E-state index in [1.807, 2.05) is 0 Å². The Hall–Kier alpha value is -2.83. The number of aromatic carboxylic acids is 1. The van der Waals surface area contributed by atoms with E-state index in [0.29, 0.717) is 5.69 Å². The molecule has 98 valence electrons. The summed E-state index contributed by atoms with van der Waals surface area (Å²) in [6, 6.07) is 8.67. The molecule has 0 atom stereocenters. The second kappa shape index (κ2) is 4.81. The Balaban J connectivity index is 2.58. The zero-order valence-electron chi connectivity index (χ0n) is 9.78. The molecular formula is C12H11N3O4. The van der Waals surface area contributed by atoms with Gasteiger partial charge in [0, 0.05) is 0 Å². The second-order valence-electron chi connectivity index (χ2n) is 3.83. The lowest BCUT2D eigenvalue weighted by Gasteiger charge is -2.02. The van der Waals surface area contributed by atoms with E-state index in [9.17, 15) is 9.59 Å². The molecule has 0 saturated heterocycles. The van der Waals surface area contributed by atoms with E-state index in [4.69, 9.17) is 15.9 Å². The highest BCUT2D eigenvalue weighted by atomic mass is 16.4. The lowest BCUT2D eigenvalue weighted by Crippen LogP contribution is -2.08. The smallest absolute Gasteiger partial charge is 0.341 e. The van der Waals surface area contributed by atoms with Crippen LogP contribution in [-0.4, -0.2) is 31.9 Å². The summed E-state index contributed by atoms with van der Waals surface area (Å²) < 4.78 is 1.22. The van der Waals surface area contributed by atoms with E-state index >= 15 is 0 Å². The first kappa shape index (κ1) is 12.6. The van der Waals surface area contributed by atoms with Gasteiger partial charge in [0.15, 0.2) is 0 Å². The number of para-hydroxylation sites is 1. The van der Waals surface area contributed by atoms with E-state index in [1.165, 1.54) is 4.68 Å². The molecule has 2 aromatic rings. The number of carbonyl (C=O) groups is 2. The van der Waals surface area contributed by atoms with E-state index in [2.05, 4.69) is 5.10 Å². The molecule has 0 spiro atoms. The van der Waals surface area contributed by atoms with Crippen LogP contribution in [0.15, 0.2) is 30.3 Å². The third-order valence-electron chi connectivity index (χ3n) is 2.53. The highest BCUT2D eigenvalue weighted by Crippen LogP contribution is 2.21. The molecule has 0 aliphatic rings. The van der Waals surface area contributed by atoms with Crippen molar-refractivity contribution in [3.63, 3.8) is 0 Å². The minimum Gasteiger partial charge on any atom is -0.481 e. The lowest BCUT2D eigenvalue weighted by molar-refractivity contribution is -0.136. The summed E-state index contributed by atoms with van der Waals surface area (Å²) in [6.07, 6.45) is -0.494. The minimum atomic E-state index is -1.30. The van der Waals surface area contributed by atoms with Gasteiger partial charge in [-0.25, -0.2) is 9.48 Å². The number of benzene rings is 1. The number of anilines is 1. The largest absolute Gasteiger partial charge is 0.481 e. The van der Waals surface area contributed by atoms with Crippen molar-refractivity contribution in [2.75, 3.05) is 5.73 Å². The average molecular weight is 261 g/mol. The van der Waals surface area contributed by atoms with Crippen LogP contribution < -0.4 is 5.73 Å². The topological polar surface area (TPSA) is 118 Å². The number of rotatable bonds is 4. The molecule has 1 aromatic carbocycles. The Labute approximate surface area is 107 Å². The quantitative estimate of drug-likeness (QED) is 0.748. The monoisotopic (exact) mass is 261 g/mol. The second-order valence-corrected chi connectivity index (χ2v) is 3.83. The predicted octanol–water partition coefficient (Wildman–Crippen LogP) is 0.780. The highest BCUT2D eigenvalue weighted by Gasteiger charge is 2.23. The van der Waals surface area contributed by atoms with Crippen molar-refractivity contribution in [1.29, 1.82) is 0 Å². The molecule has 0 aliphatic heterocycles. The average Bonchev–Trinajstić information content (AvgIpc) is 2.66. The normalized spacial score (nSPS) is 10.3. The number of nitrogens with zero attached hydrogens (tertiary/aromatic N) is 2. The summed E-state index contributed by atoms with van der Waals surface area (Å²) in [7, 11) is 0. The van der Waals surface area contributed by atoms with Crippen LogP contribution in [0, 0.1) is 0 Å². The maximum atomic E-state index is 11.1. The fourth-order valence-corrected chi connectivity index (χ4v) is 1.74. The number of carboxylic acids is 2. The third kappa shape index (κ3) is 2.39. The Kier molecular flexibility index (Phi) is 3.19. The Morgan fingerprint density at radius 2 is 1.84 bits per heavy atom. The molecule has 0 amide bonds. The van der Waals surface area contributed by atoms with Crippen molar-refractivity contribution in [3.05, 3.63) is 41.6 Å². The first-order valence-corrected chi connectivity index (χ1v) is 5.38. The van der Waals surface area contributed by atoms with Gasteiger partial charge < -0.3 is 15.9 Å². The molecule has 19 heavy (non-hydrogen) atoms. The van der Waals surface area contributed by atoms with Gasteiger partial charge in [-0.2, -0.15) is 5.10 Å². The molecule has 0 fully saturated rings. The van der Waals surface area contributed by atoms with Gasteiger partial charge in [0.05, 0.1) is 17.8 Å². The summed E-state index contributed by atoms with van der Waals surface area (Å²) in [5.74, 6) is -2.55. The van der Waals surface area contributed by atoms with Crippen LogP contribution in [0.25, 0.3) is 5.69 Å². The molecule has 1 aromatic heterocycles. The number of carboxylic acid groups (broad SMARTS) is 2. The highest BCUT2D eigenvalue weighted by molar-refractivity contribution is 5.95. The number of nitrogens with two attached hydrogens (primary N) is 1. The summed E-state index contributed by atoms with van der Waals surface area (Å²) >= 11 is 0. The van der Waals surface area contributed by atoms with Gasteiger partial charge in [-0.1, -0.05) is 18.2 Å². The maximum Gasteiger partial charge on any atom is 0.341 e. The Bertz CT molecular complexity index is 634. The van der Waals surface area contributed by atoms with Gasteiger partial charge in [-0.05, 0) is 12.1 Å². The number of hydrogen-bond donors (Lipinski definition) is 3. The third-order valence-corrected chi connectivity index (χ3v) is 2.53. The van der Waals surface area contributed by atoms with Crippen LogP contribution in [0.5, 0.6) is 0 Å². The van der Waals surface area contributed by atoms with E-state index in [-0.39, 0.29) is 17.1 Å². The van der Waals surface area contributed by atoms with Crippen molar-refractivity contribution >= 4 is 17.8 Å². The van der Waals surface area contributed by atoms with Gasteiger partial charge >= 0.3 is 11.9 Å². The molecule has 7 heteroatoms. The first-order valence-electron chi connectivity index (χ1n) is 5.38. The standard InChI is InChI=1S/C12H11N3O4/c13-11-10(12(18)19)8(6-9(16)17)14-15(11)7-4-2-1-3-5-7/h1-5H,6,13H2,(H,16,17)(H,18,19). The fourth-order valence-electron chi connectivity index (χ4n) is 1.74. The number of aliphatic carboxylic acids is 1. The molecule has 0 saturated carbocycles. The van der Waals surface area contributed by atoms with Gasteiger partial charge in [-0.15, -0.1) is 0 Å². The zero-order valence-corrected chi connectivity index (χ0v) is 9.78. The molecule has 0 aliphatic carbocycles. The van der Waals surface area contributed by atoms with Gasteiger partial charge in [0.2, 0.25) is 0 Å². The van der Waals surface area contributed by atoms with E-state index < -0.39 is 18.4 Å². The Morgan fingerprint density at radius 3 is 2.37 bits per heavy atom. The Morgan fingerprint density at radius 1 is 1.21 bits per heavy atom. The van der Waals surface area contributed by atoms with Crippen LogP contribution >= 0.6 is 0 Å². The molecule has 1 heterocycles. The van der Waals surface area contributed by atoms with E-state index in [1.54, 1.807) is 30.3 Å². The SMILES string of the molecule is Nc1c(C(=O)O)c(CC(=O)O)nn1-c1ccccc1. The van der Waals surface area contributed by atoms with Crippen molar-refractivity contribution in [1.82, 2.24) is 9.78 Å². The first-order chi connectivity index (χ1) is 9.00. The van der Waals surface area contributed by atoms with Crippen molar-refractivity contribution < 1.29 is 19.8 Å². The van der Waals surface area contributed by atoms with E-state index in [0.717, 1.165) is 0 Å². The van der Waals surface area contributed by atoms with Crippen molar-refractivity contribution in [3.8, 4) is 5.69 Å². The van der Waals surface area contributed by atoms with Crippen molar-refractivity contribution in [2.24, 2.45) is 0 Å². The van der Waals surface area contributed by atoms with Crippen LogP contribution in [0.3, 0.4) is 0 Å². The van der Waals surface area contributed by atoms with Crippen LogP contribution in [0.1, 0.15) is 16.1 Å². The summed E-state index contributed by atoms with van der Waals surface area (Å²) in [6.45, 7) is 0. The molecule has 0 bridgehead atoms. The van der Waals surface area contributed by atoms with Crippen LogP contribution in [0.4, 0.5) is 5.82 Å². The number of nitrogen functional groups attached to an aromatic ring is 1. The molecule has 0 radical (unpaired) electrons. The molecule has 2 rings (SSSR count). The van der Waals surface area contributed by atoms with Crippen LogP contribution in [0.2, 0.25) is 0 Å². The lowest BCUT2D eigenvalue weighted by atomic mass is 10.2. The van der Waals surface area contributed by atoms with Gasteiger partial charge in [-0.3, -0.25) is 4.79 Å². The molecular weight excluding hydrogens is 250 g/mol. The minimum absolute atomic E-state index is 0.0682. The fraction of sp³-hybridized carbons (Fsp3) is 0.0833. The zero-order chi connectivity index (χ0) is 14.0. The van der Waals surface area contributed by atoms with Gasteiger partial charge in [0.25, 0.3) is 0 Å². The van der Waals surface area contributed by atoms with Crippen molar-refractivity contribution in [2.45, 2.75) is 6.42 Å². The summed E-state index contributed by atoms with van der Waals surface area (Å²) in [5.41, 5.74) is 5.97. The van der Waals surface area contributed by atoms with Gasteiger partial charge in [0.1, 0.15) is 11.4 Å². The summed E-state index contributed by atoms with van der Waals surface area (Å²) in [4.78, 5) is 21.9. The molecule has 7 nitrogen and oxygen atoms in total. The maximum absolute atomic E-state index is 11.1.